The molecule has 5 rings (SSSR count). The van der Waals surface area contributed by atoms with Crippen LogP contribution in [-0.4, -0.2) is 84.2 Å². The van der Waals surface area contributed by atoms with Crippen LogP contribution < -0.4 is 5.32 Å². The zero-order valence-corrected chi connectivity index (χ0v) is 23.4. The molecule has 0 amide bonds. The number of nitrogens with one attached hydrogen (secondary N) is 1. The number of benzene rings is 1. The molecule has 1 aromatic heterocycles. The summed E-state index contributed by atoms with van der Waals surface area (Å²) in [4.78, 5) is 21.7. The van der Waals surface area contributed by atoms with Gasteiger partial charge >= 0.3 is 0 Å². The molecule has 2 aromatic rings. The fourth-order valence-electron chi connectivity index (χ4n) is 6.04. The number of aryl methyl sites for hydroxylation is 1. The third kappa shape index (κ3) is 6.97. The molecule has 2 saturated heterocycles. The average Bonchev–Trinajstić information content (AvgIpc) is 3.23. The molecule has 0 radical (unpaired) electrons. The standard InChI is InChI=1S/C30H39F2N7O/c1-22-5-6-27(28(32)16-22)30(40-2,17-25-4-3-11-33-21-36-25)20-38-12-9-26(10-13-38)39-14-7-24(8-15-39)37-29-34-18-23(31)19-35-29/h5-6,11,16-19,21,24,26H,3-4,7-10,12-15,20H2,1-2H3,(H,34,35,37)/b25-17+. The summed E-state index contributed by atoms with van der Waals surface area (Å²) in [6.07, 6.45) is 13.4. The Morgan fingerprint density at radius 1 is 1.07 bits per heavy atom. The first-order chi connectivity index (χ1) is 19.4. The van der Waals surface area contributed by atoms with E-state index >= 15 is 4.39 Å². The Morgan fingerprint density at radius 3 is 2.52 bits per heavy atom. The van der Waals surface area contributed by atoms with Gasteiger partial charge in [0.2, 0.25) is 5.95 Å². The number of allylic oxidation sites excluding steroid dienone is 1. The number of methoxy groups -OCH3 is 1. The second kappa shape index (κ2) is 13.1. The number of halogens is 2. The van der Waals surface area contributed by atoms with E-state index in [4.69, 9.17) is 4.74 Å². The van der Waals surface area contributed by atoms with Crippen LogP contribution in [0.1, 0.15) is 49.7 Å². The van der Waals surface area contributed by atoms with Crippen molar-refractivity contribution in [3.63, 3.8) is 0 Å². The van der Waals surface area contributed by atoms with Crippen LogP contribution in [0.4, 0.5) is 14.7 Å². The summed E-state index contributed by atoms with van der Waals surface area (Å²) in [5, 5.41) is 3.34. The summed E-state index contributed by atoms with van der Waals surface area (Å²) in [6, 6.07) is 6.18. The lowest BCUT2D eigenvalue weighted by Gasteiger charge is -2.44. The van der Waals surface area contributed by atoms with Crippen molar-refractivity contribution in [2.75, 3.05) is 45.2 Å². The topological polar surface area (TPSA) is 78.2 Å². The van der Waals surface area contributed by atoms with E-state index in [0.717, 1.165) is 76.0 Å². The summed E-state index contributed by atoms with van der Waals surface area (Å²) in [6.45, 7) is 6.30. The lowest BCUT2D eigenvalue weighted by Crippen LogP contribution is -2.51. The predicted octanol–water partition coefficient (Wildman–Crippen LogP) is 4.72. The molecule has 1 unspecified atom stereocenters. The van der Waals surface area contributed by atoms with Crippen molar-refractivity contribution in [3.8, 4) is 0 Å². The van der Waals surface area contributed by atoms with Crippen LogP contribution in [0, 0.1) is 18.6 Å². The molecular weight excluding hydrogens is 512 g/mol. The molecule has 214 valence electrons. The number of hydrogen-bond acceptors (Lipinski definition) is 8. The maximum atomic E-state index is 15.4. The maximum absolute atomic E-state index is 15.4. The van der Waals surface area contributed by atoms with Crippen molar-refractivity contribution >= 4 is 18.5 Å². The first-order valence-corrected chi connectivity index (χ1v) is 14.2. The summed E-state index contributed by atoms with van der Waals surface area (Å²) in [5.74, 6) is -0.204. The van der Waals surface area contributed by atoms with Crippen molar-refractivity contribution in [1.29, 1.82) is 0 Å². The molecular formula is C30H39F2N7O. The zero-order chi connectivity index (χ0) is 28.0. The minimum atomic E-state index is -0.950. The number of piperidine rings is 2. The van der Waals surface area contributed by atoms with Gasteiger partial charge in [-0.15, -0.1) is 0 Å². The number of hydrogen-bond donors (Lipinski definition) is 1. The average molecular weight is 552 g/mol. The van der Waals surface area contributed by atoms with E-state index in [1.165, 1.54) is 12.4 Å². The number of likely N-dealkylation sites (tertiary alicyclic amines) is 2. The first-order valence-electron chi connectivity index (χ1n) is 14.2. The van der Waals surface area contributed by atoms with E-state index in [-0.39, 0.29) is 5.82 Å². The Balaban J connectivity index is 1.21. The lowest BCUT2D eigenvalue weighted by atomic mass is 9.88. The van der Waals surface area contributed by atoms with Crippen LogP contribution in [0.2, 0.25) is 0 Å². The summed E-state index contributed by atoms with van der Waals surface area (Å²) in [5.41, 5.74) is 1.32. The Morgan fingerprint density at radius 2 is 1.82 bits per heavy atom. The second-order valence-corrected chi connectivity index (χ2v) is 11.0. The number of anilines is 1. The van der Waals surface area contributed by atoms with Gasteiger partial charge in [0.25, 0.3) is 0 Å². The number of ether oxygens (including phenoxy) is 1. The predicted molar refractivity (Wildman–Crippen MR) is 154 cm³/mol. The minimum Gasteiger partial charge on any atom is -0.368 e. The van der Waals surface area contributed by atoms with Gasteiger partial charge < -0.3 is 15.0 Å². The van der Waals surface area contributed by atoms with Gasteiger partial charge in [-0.25, -0.2) is 28.7 Å². The van der Waals surface area contributed by atoms with E-state index < -0.39 is 11.4 Å². The van der Waals surface area contributed by atoms with Gasteiger partial charge in [-0.1, -0.05) is 12.1 Å². The number of nitrogens with zero attached hydrogens (tertiary/aromatic N) is 6. The summed E-state index contributed by atoms with van der Waals surface area (Å²) in [7, 11) is 1.66. The highest BCUT2D eigenvalue weighted by Crippen LogP contribution is 2.34. The third-order valence-electron chi connectivity index (χ3n) is 8.28. The van der Waals surface area contributed by atoms with Gasteiger partial charge in [-0.3, -0.25) is 4.90 Å². The molecule has 1 aromatic carbocycles. The quantitative estimate of drug-likeness (QED) is 0.512. The molecule has 3 aliphatic rings. The van der Waals surface area contributed by atoms with E-state index in [2.05, 4.69) is 35.1 Å². The van der Waals surface area contributed by atoms with Gasteiger partial charge in [0.05, 0.1) is 12.4 Å². The Hall–Kier alpha value is -3.08. The minimum absolute atomic E-state index is 0.259. The number of aromatic nitrogens is 2. The Labute approximate surface area is 235 Å². The van der Waals surface area contributed by atoms with Crippen molar-refractivity contribution in [2.45, 2.75) is 63.1 Å². The largest absolute Gasteiger partial charge is 0.368 e. The summed E-state index contributed by atoms with van der Waals surface area (Å²) >= 11 is 0. The Kier molecular flexibility index (Phi) is 9.29. The molecule has 8 nitrogen and oxygen atoms in total. The van der Waals surface area contributed by atoms with Gasteiger partial charge in [0.1, 0.15) is 17.8 Å². The van der Waals surface area contributed by atoms with Gasteiger partial charge in [0.15, 0.2) is 5.82 Å². The normalized spacial score (nSPS) is 22.4. The monoisotopic (exact) mass is 551 g/mol. The highest BCUT2D eigenvalue weighted by Gasteiger charge is 2.37. The van der Waals surface area contributed by atoms with Crippen molar-refractivity contribution in [2.24, 2.45) is 9.98 Å². The molecule has 10 heteroatoms. The molecule has 1 N–H and O–H groups in total. The van der Waals surface area contributed by atoms with Crippen molar-refractivity contribution < 1.29 is 13.5 Å². The van der Waals surface area contributed by atoms with Crippen LogP contribution >= 0.6 is 0 Å². The first kappa shape index (κ1) is 28.4. The number of aliphatic imine (C=N–C) groups is 2. The fraction of sp³-hybridized carbons (Fsp3) is 0.533. The van der Waals surface area contributed by atoms with Crippen LogP contribution in [0.25, 0.3) is 0 Å². The third-order valence-corrected chi connectivity index (χ3v) is 8.28. The Bertz CT molecular complexity index is 1220. The van der Waals surface area contributed by atoms with E-state index in [1.807, 2.05) is 31.3 Å². The number of rotatable bonds is 8. The molecule has 0 bridgehead atoms. The lowest BCUT2D eigenvalue weighted by molar-refractivity contribution is -0.0176. The second-order valence-electron chi connectivity index (χ2n) is 11.0. The molecule has 40 heavy (non-hydrogen) atoms. The van der Waals surface area contributed by atoms with Gasteiger partial charge in [0, 0.05) is 56.3 Å². The molecule has 0 spiro atoms. The molecule has 3 aliphatic heterocycles. The smallest absolute Gasteiger partial charge is 0.222 e. The van der Waals surface area contributed by atoms with Crippen molar-refractivity contribution in [3.05, 3.63) is 65.1 Å². The van der Waals surface area contributed by atoms with Crippen LogP contribution in [0.3, 0.4) is 0 Å². The molecule has 1 atom stereocenters. The molecule has 4 heterocycles. The highest BCUT2D eigenvalue weighted by atomic mass is 19.1. The van der Waals surface area contributed by atoms with E-state index in [1.54, 1.807) is 19.5 Å². The van der Waals surface area contributed by atoms with E-state index in [0.29, 0.717) is 30.1 Å². The van der Waals surface area contributed by atoms with Gasteiger partial charge in [-0.05, 0) is 76.2 Å². The van der Waals surface area contributed by atoms with Crippen molar-refractivity contribution in [1.82, 2.24) is 19.8 Å². The fourth-order valence-corrected chi connectivity index (χ4v) is 6.04. The molecule has 0 aliphatic carbocycles. The van der Waals surface area contributed by atoms with Gasteiger partial charge in [-0.2, -0.15) is 0 Å². The summed E-state index contributed by atoms with van der Waals surface area (Å²) < 4.78 is 34.7. The highest BCUT2D eigenvalue weighted by molar-refractivity contribution is 5.74. The SMILES string of the molecule is COC(/C=C1\CCC=NC=N1)(CN1CCC(N2CCC(Nc3ncc(F)cn3)CC2)CC1)c1ccc(C)cc1F. The zero-order valence-electron chi connectivity index (χ0n) is 23.4. The van der Waals surface area contributed by atoms with E-state index in [9.17, 15) is 4.39 Å². The van der Waals surface area contributed by atoms with Crippen LogP contribution in [0.15, 0.2) is 52.4 Å². The maximum Gasteiger partial charge on any atom is 0.222 e. The van der Waals surface area contributed by atoms with Crippen LogP contribution in [0.5, 0.6) is 0 Å². The van der Waals surface area contributed by atoms with Crippen LogP contribution in [-0.2, 0) is 10.3 Å². The molecule has 2 fully saturated rings. The molecule has 0 saturated carbocycles.